The number of Topliss-reactive ketones (excluding diaryl/α,β-unsaturated/α-hetero) is 1. The summed E-state index contributed by atoms with van der Waals surface area (Å²) in [6.07, 6.45) is 14.4. The number of piperidine rings is 1. The zero-order valence-corrected chi connectivity index (χ0v) is 18.2. The molecule has 5 rings (SSSR count). The van der Waals surface area contributed by atoms with E-state index in [1.165, 1.54) is 37.5 Å². The van der Waals surface area contributed by atoms with Gasteiger partial charge in [-0.25, -0.2) is 0 Å². The maximum atomic E-state index is 13.0. The first-order valence-electron chi connectivity index (χ1n) is 12.0. The lowest BCUT2D eigenvalue weighted by Crippen LogP contribution is -2.41. The molecule has 1 saturated heterocycles. The third kappa shape index (κ3) is 3.97. The Morgan fingerprint density at radius 1 is 1.13 bits per heavy atom. The molecule has 2 amide bonds. The summed E-state index contributed by atoms with van der Waals surface area (Å²) in [5, 5.41) is 3.15. The highest BCUT2D eigenvalue weighted by Crippen LogP contribution is 2.59. The van der Waals surface area contributed by atoms with Crippen LogP contribution in [-0.4, -0.2) is 42.1 Å². The van der Waals surface area contributed by atoms with Crippen LogP contribution in [0.2, 0.25) is 0 Å². The number of rotatable bonds is 5. The number of hydrogen-bond donors (Lipinski definition) is 1. The number of carbonyl (C=O) groups is 3. The number of ketones is 1. The maximum Gasteiger partial charge on any atom is 0.257 e. The molecule has 3 aliphatic carbocycles. The van der Waals surface area contributed by atoms with E-state index in [4.69, 9.17) is 4.42 Å². The van der Waals surface area contributed by atoms with Crippen LogP contribution in [0.4, 0.5) is 0 Å². The van der Waals surface area contributed by atoms with Gasteiger partial charge in [0.15, 0.2) is 5.78 Å². The van der Waals surface area contributed by atoms with Crippen molar-refractivity contribution in [2.24, 2.45) is 11.3 Å². The van der Waals surface area contributed by atoms with Crippen molar-refractivity contribution in [2.75, 3.05) is 19.6 Å². The minimum atomic E-state index is -0.0995. The van der Waals surface area contributed by atoms with Crippen LogP contribution in [-0.2, 0) is 11.2 Å². The Hall–Kier alpha value is -2.37. The second-order valence-corrected chi connectivity index (χ2v) is 9.78. The van der Waals surface area contributed by atoms with Crippen molar-refractivity contribution in [1.29, 1.82) is 0 Å². The predicted octanol–water partition coefficient (Wildman–Crippen LogP) is 4.05. The Labute approximate surface area is 183 Å². The van der Waals surface area contributed by atoms with E-state index in [1.807, 2.05) is 4.90 Å². The third-order valence-corrected chi connectivity index (χ3v) is 7.87. The fraction of sp³-hybridized carbons (Fsp3) is 0.640. The Bertz CT molecular complexity index is 920. The molecular weight excluding hydrogens is 392 g/mol. The van der Waals surface area contributed by atoms with E-state index in [1.54, 1.807) is 0 Å². The molecule has 1 unspecified atom stereocenters. The van der Waals surface area contributed by atoms with Crippen molar-refractivity contribution in [2.45, 2.75) is 70.6 Å². The van der Waals surface area contributed by atoms with Gasteiger partial charge in [-0.15, -0.1) is 0 Å². The van der Waals surface area contributed by atoms with Crippen molar-refractivity contribution >= 4 is 17.6 Å². The van der Waals surface area contributed by atoms with Gasteiger partial charge in [0, 0.05) is 38.4 Å². The molecule has 1 N–H and O–H groups in total. The minimum absolute atomic E-state index is 0.0229. The Kier molecular flexibility index (Phi) is 5.49. The lowest BCUT2D eigenvalue weighted by molar-refractivity contribution is -0.123. The van der Waals surface area contributed by atoms with E-state index < -0.39 is 0 Å². The summed E-state index contributed by atoms with van der Waals surface area (Å²) in [6.45, 7) is 2.02. The number of amides is 2. The second kappa shape index (κ2) is 8.29. The SMILES string of the molecule is O=C1CCCc2occ(C(=O)N3CCC4(CC3)CC4C(=O)NCCC3=CCCCC3)c21. The first kappa shape index (κ1) is 20.5. The van der Waals surface area contributed by atoms with Crippen LogP contribution in [0, 0.1) is 11.3 Å². The molecule has 4 aliphatic rings. The lowest BCUT2D eigenvalue weighted by atomic mass is 9.89. The Morgan fingerprint density at radius 2 is 1.97 bits per heavy atom. The van der Waals surface area contributed by atoms with E-state index in [-0.39, 0.29) is 28.9 Å². The van der Waals surface area contributed by atoms with Crippen LogP contribution in [0.25, 0.3) is 0 Å². The number of hydrogen-bond acceptors (Lipinski definition) is 4. The van der Waals surface area contributed by atoms with Gasteiger partial charge < -0.3 is 14.6 Å². The quantitative estimate of drug-likeness (QED) is 0.723. The van der Waals surface area contributed by atoms with Gasteiger partial charge in [0.05, 0.1) is 11.1 Å². The summed E-state index contributed by atoms with van der Waals surface area (Å²) < 4.78 is 5.53. The molecule has 166 valence electrons. The molecule has 0 radical (unpaired) electrons. The number of nitrogens with one attached hydrogen (secondary N) is 1. The van der Waals surface area contributed by atoms with Crippen LogP contribution in [0.15, 0.2) is 22.3 Å². The number of carbonyl (C=O) groups excluding carboxylic acids is 3. The highest BCUT2D eigenvalue weighted by atomic mass is 16.3. The van der Waals surface area contributed by atoms with Crippen LogP contribution in [0.1, 0.15) is 90.7 Å². The van der Waals surface area contributed by atoms with Gasteiger partial charge in [0.25, 0.3) is 5.91 Å². The van der Waals surface area contributed by atoms with Crippen molar-refractivity contribution in [1.82, 2.24) is 10.2 Å². The third-order valence-electron chi connectivity index (χ3n) is 7.87. The van der Waals surface area contributed by atoms with Gasteiger partial charge >= 0.3 is 0 Å². The minimum Gasteiger partial charge on any atom is -0.468 e. The van der Waals surface area contributed by atoms with Crippen molar-refractivity contribution < 1.29 is 18.8 Å². The topological polar surface area (TPSA) is 79.6 Å². The van der Waals surface area contributed by atoms with Crippen LogP contribution in [0.5, 0.6) is 0 Å². The zero-order chi connectivity index (χ0) is 21.4. The molecule has 0 bridgehead atoms. The summed E-state index contributed by atoms with van der Waals surface area (Å²) in [5.41, 5.74) is 2.49. The number of aryl methyl sites for hydroxylation is 1. The number of allylic oxidation sites excluding steroid dienone is 1. The molecule has 1 aromatic rings. The predicted molar refractivity (Wildman–Crippen MR) is 116 cm³/mol. The highest BCUT2D eigenvalue weighted by molar-refractivity contribution is 6.09. The monoisotopic (exact) mass is 424 g/mol. The number of fused-ring (bicyclic) bond motifs is 1. The molecule has 31 heavy (non-hydrogen) atoms. The van der Waals surface area contributed by atoms with Crippen LogP contribution in [0.3, 0.4) is 0 Å². The zero-order valence-electron chi connectivity index (χ0n) is 18.2. The smallest absolute Gasteiger partial charge is 0.257 e. The van der Waals surface area contributed by atoms with Gasteiger partial charge in [0.1, 0.15) is 12.0 Å². The highest BCUT2D eigenvalue weighted by Gasteiger charge is 2.58. The molecular formula is C25H32N2O4. The summed E-state index contributed by atoms with van der Waals surface area (Å²) >= 11 is 0. The Morgan fingerprint density at radius 3 is 2.74 bits per heavy atom. The van der Waals surface area contributed by atoms with E-state index in [0.717, 1.165) is 45.1 Å². The van der Waals surface area contributed by atoms with E-state index in [2.05, 4.69) is 11.4 Å². The van der Waals surface area contributed by atoms with Gasteiger partial charge in [0.2, 0.25) is 5.91 Å². The van der Waals surface area contributed by atoms with Gasteiger partial charge in [-0.05, 0) is 63.2 Å². The van der Waals surface area contributed by atoms with Gasteiger partial charge in [-0.3, -0.25) is 14.4 Å². The molecule has 1 saturated carbocycles. The Balaban J connectivity index is 1.12. The van der Waals surface area contributed by atoms with Crippen molar-refractivity contribution in [3.05, 3.63) is 34.8 Å². The van der Waals surface area contributed by atoms with E-state index in [0.29, 0.717) is 36.4 Å². The van der Waals surface area contributed by atoms with E-state index >= 15 is 0 Å². The number of likely N-dealkylation sites (tertiary alicyclic amines) is 1. The lowest BCUT2D eigenvalue weighted by Gasteiger charge is -2.33. The van der Waals surface area contributed by atoms with Crippen molar-refractivity contribution in [3.8, 4) is 0 Å². The first-order valence-corrected chi connectivity index (χ1v) is 12.0. The molecule has 6 heteroatoms. The fourth-order valence-corrected chi connectivity index (χ4v) is 5.78. The van der Waals surface area contributed by atoms with Crippen LogP contribution >= 0.6 is 0 Å². The number of furan rings is 1. The molecule has 1 atom stereocenters. The second-order valence-electron chi connectivity index (χ2n) is 9.78. The largest absolute Gasteiger partial charge is 0.468 e. The average molecular weight is 425 g/mol. The summed E-state index contributed by atoms with van der Waals surface area (Å²) in [7, 11) is 0. The standard InChI is InChI=1S/C25H32N2O4/c28-20-7-4-8-21-22(20)18(16-31-21)24(30)27-13-10-25(11-14-27)15-19(25)23(29)26-12-9-17-5-2-1-3-6-17/h5,16,19H,1-4,6-15H2,(H,26,29). The molecule has 1 aliphatic heterocycles. The average Bonchev–Trinajstić information content (AvgIpc) is 3.30. The molecule has 0 aromatic carbocycles. The van der Waals surface area contributed by atoms with E-state index in [9.17, 15) is 14.4 Å². The maximum absolute atomic E-state index is 13.0. The van der Waals surface area contributed by atoms with Crippen LogP contribution < -0.4 is 5.32 Å². The van der Waals surface area contributed by atoms with Crippen molar-refractivity contribution in [3.63, 3.8) is 0 Å². The first-order chi connectivity index (χ1) is 15.1. The normalized spacial score (nSPS) is 24.5. The molecule has 2 fully saturated rings. The molecule has 6 nitrogen and oxygen atoms in total. The number of nitrogens with zero attached hydrogens (tertiary/aromatic N) is 1. The van der Waals surface area contributed by atoms with Gasteiger partial charge in [-0.1, -0.05) is 11.6 Å². The molecule has 1 aromatic heterocycles. The van der Waals surface area contributed by atoms with Gasteiger partial charge in [-0.2, -0.15) is 0 Å². The molecule has 2 heterocycles. The summed E-state index contributed by atoms with van der Waals surface area (Å²) in [5.74, 6) is 0.863. The summed E-state index contributed by atoms with van der Waals surface area (Å²) in [4.78, 5) is 39.8. The summed E-state index contributed by atoms with van der Waals surface area (Å²) in [6, 6.07) is 0. The fourth-order valence-electron chi connectivity index (χ4n) is 5.78. The molecule has 1 spiro atoms.